The SMILES string of the molecule is CC=CC[SH](=O)=S. The van der Waals surface area contributed by atoms with Gasteiger partial charge in [0.15, 0.2) is 0 Å². The molecule has 3 heteroatoms. The van der Waals surface area contributed by atoms with Crippen LogP contribution in [0.25, 0.3) is 0 Å². The Morgan fingerprint density at radius 2 is 2.43 bits per heavy atom. The van der Waals surface area contributed by atoms with Gasteiger partial charge in [0.25, 0.3) is 0 Å². The van der Waals surface area contributed by atoms with E-state index in [2.05, 4.69) is 11.2 Å². The van der Waals surface area contributed by atoms with E-state index in [0.29, 0.717) is 5.75 Å². The molecule has 1 unspecified atom stereocenters. The first-order valence-electron chi connectivity index (χ1n) is 2.00. The minimum absolute atomic E-state index is 0.543. The predicted molar refractivity (Wildman–Crippen MR) is 36.6 cm³/mol. The van der Waals surface area contributed by atoms with Crippen molar-refractivity contribution < 1.29 is 4.21 Å². The van der Waals surface area contributed by atoms with Gasteiger partial charge < -0.3 is 0 Å². The van der Waals surface area contributed by atoms with E-state index in [0.717, 1.165) is 0 Å². The molecule has 0 rings (SSSR count). The summed E-state index contributed by atoms with van der Waals surface area (Å²) >= 11 is 4.40. The molecule has 0 aromatic carbocycles. The van der Waals surface area contributed by atoms with Gasteiger partial charge in [0.1, 0.15) is 0 Å². The number of rotatable bonds is 2. The molecule has 7 heavy (non-hydrogen) atoms. The average molecular weight is 136 g/mol. The third-order valence-electron chi connectivity index (χ3n) is 0.490. The van der Waals surface area contributed by atoms with E-state index in [1.807, 2.05) is 19.1 Å². The summed E-state index contributed by atoms with van der Waals surface area (Å²) < 4.78 is 10.1. The smallest absolute Gasteiger partial charge is 0.0412 e. The summed E-state index contributed by atoms with van der Waals surface area (Å²) in [4.78, 5) is 0. The van der Waals surface area contributed by atoms with Gasteiger partial charge in [-0.1, -0.05) is 12.2 Å². The molecular weight excluding hydrogens is 128 g/mol. The molecule has 1 atom stereocenters. The lowest BCUT2D eigenvalue weighted by atomic mass is 10.6. The van der Waals surface area contributed by atoms with E-state index in [9.17, 15) is 4.21 Å². The molecule has 0 aliphatic heterocycles. The zero-order chi connectivity index (χ0) is 5.70. The fourth-order valence-electron chi connectivity index (χ4n) is 0.191. The highest BCUT2D eigenvalue weighted by atomic mass is 32.8. The van der Waals surface area contributed by atoms with Gasteiger partial charge in [-0.15, -0.1) is 0 Å². The highest BCUT2D eigenvalue weighted by Crippen LogP contribution is 1.69. The lowest BCUT2D eigenvalue weighted by Gasteiger charge is -1.72. The molecule has 0 heterocycles. The Hall–Kier alpha value is 0.110. The Morgan fingerprint density at radius 3 is 2.57 bits per heavy atom. The molecule has 0 aliphatic rings. The number of hydrogen-bond acceptors (Lipinski definition) is 2. The molecule has 0 amide bonds. The van der Waals surface area contributed by atoms with Crippen molar-refractivity contribution in [2.24, 2.45) is 0 Å². The van der Waals surface area contributed by atoms with Crippen LogP contribution in [0.5, 0.6) is 0 Å². The Labute approximate surface area is 50.1 Å². The van der Waals surface area contributed by atoms with Crippen LogP contribution in [0, 0.1) is 0 Å². The first-order valence-corrected chi connectivity index (χ1v) is 4.46. The molecule has 1 nitrogen and oxygen atoms in total. The highest BCUT2D eigenvalue weighted by Gasteiger charge is 1.69. The third kappa shape index (κ3) is 6.11. The van der Waals surface area contributed by atoms with Crippen molar-refractivity contribution in [1.29, 1.82) is 0 Å². The van der Waals surface area contributed by atoms with Gasteiger partial charge in [0.05, 0.1) is 0 Å². The van der Waals surface area contributed by atoms with Gasteiger partial charge in [0, 0.05) is 15.1 Å². The molecule has 0 aromatic rings. The maximum atomic E-state index is 10.1. The Bertz CT molecular complexity index is 116. The summed E-state index contributed by atoms with van der Waals surface area (Å²) in [5.41, 5.74) is 0. The number of thiol groups is 1. The van der Waals surface area contributed by atoms with Crippen molar-refractivity contribution in [3.8, 4) is 0 Å². The Balaban J connectivity index is 3.33. The average Bonchev–Trinajstić information content (AvgIpc) is 1.61. The Morgan fingerprint density at radius 1 is 1.86 bits per heavy atom. The molecule has 0 bridgehead atoms. The van der Waals surface area contributed by atoms with Gasteiger partial charge in [0.2, 0.25) is 0 Å². The third-order valence-corrected chi connectivity index (χ3v) is 1.45. The number of allylic oxidation sites excluding steroid dienone is 1. The summed E-state index contributed by atoms with van der Waals surface area (Å²) in [5.74, 6) is 0.543. The van der Waals surface area contributed by atoms with Crippen molar-refractivity contribution in [2.75, 3.05) is 5.75 Å². The molecule has 0 N–H and O–H groups in total. The lowest BCUT2D eigenvalue weighted by Crippen LogP contribution is -1.75. The van der Waals surface area contributed by atoms with E-state index in [1.165, 1.54) is 0 Å². The standard InChI is InChI=1S/C4H8OS2/c1-2-3-4-7(5)6/h2-3,7H,4H2,1H3. The first-order chi connectivity index (χ1) is 3.27. The maximum absolute atomic E-state index is 10.1. The summed E-state index contributed by atoms with van der Waals surface area (Å²) in [7, 11) is -1.36. The van der Waals surface area contributed by atoms with Crippen molar-refractivity contribution in [2.45, 2.75) is 6.92 Å². The predicted octanol–water partition coefficient (Wildman–Crippen LogP) is 0.505. The van der Waals surface area contributed by atoms with Crippen LogP contribution >= 0.6 is 0 Å². The van der Waals surface area contributed by atoms with Crippen molar-refractivity contribution in [1.82, 2.24) is 0 Å². The zero-order valence-electron chi connectivity index (χ0n) is 4.13. The fraction of sp³-hybridized carbons (Fsp3) is 0.500. The lowest BCUT2D eigenvalue weighted by molar-refractivity contribution is 0.694. The number of hydrogen-bond donors (Lipinski definition) is 1. The van der Waals surface area contributed by atoms with Crippen molar-refractivity contribution in [3.05, 3.63) is 12.2 Å². The molecule has 42 valence electrons. The van der Waals surface area contributed by atoms with E-state index >= 15 is 0 Å². The minimum Gasteiger partial charge on any atom is -0.260 e. The minimum atomic E-state index is -1.36. The molecule has 0 aliphatic carbocycles. The topological polar surface area (TPSA) is 17.1 Å². The molecule has 0 fully saturated rings. The van der Waals surface area contributed by atoms with Crippen LogP contribution in [0.3, 0.4) is 0 Å². The van der Waals surface area contributed by atoms with Crippen LogP contribution in [-0.4, -0.2) is 9.96 Å². The summed E-state index contributed by atoms with van der Waals surface area (Å²) in [5, 5.41) is 0. The second-order valence-electron chi connectivity index (χ2n) is 1.08. The van der Waals surface area contributed by atoms with E-state index < -0.39 is 9.36 Å². The highest BCUT2D eigenvalue weighted by molar-refractivity contribution is 8.21. The Kier molecular flexibility index (Phi) is 4.34. The van der Waals surface area contributed by atoms with E-state index in [1.54, 1.807) is 0 Å². The first kappa shape index (κ1) is 7.11. The normalized spacial score (nSPS) is 15.0. The van der Waals surface area contributed by atoms with Crippen molar-refractivity contribution in [3.63, 3.8) is 0 Å². The molecule has 0 saturated carbocycles. The van der Waals surface area contributed by atoms with Gasteiger partial charge in [-0.25, -0.2) is 0 Å². The van der Waals surface area contributed by atoms with Crippen LogP contribution in [0.15, 0.2) is 12.2 Å². The van der Waals surface area contributed by atoms with Crippen LogP contribution in [0.2, 0.25) is 0 Å². The van der Waals surface area contributed by atoms with Crippen LogP contribution in [0.1, 0.15) is 6.92 Å². The zero-order valence-corrected chi connectivity index (χ0v) is 5.84. The van der Waals surface area contributed by atoms with Crippen molar-refractivity contribution >= 4 is 20.5 Å². The van der Waals surface area contributed by atoms with Gasteiger partial charge in [-0.2, -0.15) is 0 Å². The molecule has 0 spiro atoms. The summed E-state index contributed by atoms with van der Waals surface area (Å²) in [6.45, 7) is 1.88. The second kappa shape index (κ2) is 4.27. The van der Waals surface area contributed by atoms with Crippen LogP contribution < -0.4 is 0 Å². The molecule has 0 aromatic heterocycles. The summed E-state index contributed by atoms with van der Waals surface area (Å²) in [6, 6.07) is 0. The second-order valence-corrected chi connectivity index (χ2v) is 3.34. The van der Waals surface area contributed by atoms with Crippen LogP contribution in [0.4, 0.5) is 0 Å². The van der Waals surface area contributed by atoms with E-state index in [-0.39, 0.29) is 0 Å². The molecule has 0 radical (unpaired) electrons. The molecular formula is C4H8OS2. The summed E-state index contributed by atoms with van der Waals surface area (Å²) in [6.07, 6.45) is 3.66. The quantitative estimate of drug-likeness (QED) is 0.440. The van der Waals surface area contributed by atoms with Gasteiger partial charge in [-0.05, 0) is 18.1 Å². The monoisotopic (exact) mass is 136 g/mol. The maximum Gasteiger partial charge on any atom is 0.0412 e. The largest absolute Gasteiger partial charge is 0.260 e. The van der Waals surface area contributed by atoms with Gasteiger partial charge in [-0.3, -0.25) is 4.21 Å². The van der Waals surface area contributed by atoms with Crippen LogP contribution in [-0.2, 0) is 20.5 Å². The fourth-order valence-corrected chi connectivity index (χ4v) is 0.833. The van der Waals surface area contributed by atoms with Gasteiger partial charge >= 0.3 is 0 Å². The van der Waals surface area contributed by atoms with E-state index in [4.69, 9.17) is 0 Å². The molecule has 0 saturated heterocycles.